The maximum absolute atomic E-state index is 17.2. The van der Waals surface area contributed by atoms with E-state index in [-0.39, 0.29) is 58.9 Å². The van der Waals surface area contributed by atoms with Crippen LogP contribution in [0.2, 0.25) is 5.02 Å². The average molecular weight is 648 g/mol. The van der Waals surface area contributed by atoms with Gasteiger partial charge >= 0.3 is 6.01 Å². The number of fused-ring (bicyclic) bond motifs is 1. The van der Waals surface area contributed by atoms with Crippen LogP contribution in [0, 0.1) is 11.6 Å². The van der Waals surface area contributed by atoms with Gasteiger partial charge in [-0.05, 0) is 70.3 Å². The van der Waals surface area contributed by atoms with E-state index in [1.165, 1.54) is 6.07 Å². The second-order valence-electron chi connectivity index (χ2n) is 12.5. The zero-order chi connectivity index (χ0) is 31.9. The number of nitrogens with zero attached hydrogens (tertiary/aromatic N) is 7. The number of anilines is 2. The van der Waals surface area contributed by atoms with Crippen LogP contribution < -0.4 is 20.1 Å². The van der Waals surface area contributed by atoms with Gasteiger partial charge < -0.3 is 20.1 Å². The number of aromatic amines is 1. The van der Waals surface area contributed by atoms with Gasteiger partial charge in [-0.1, -0.05) is 11.6 Å². The van der Waals surface area contributed by atoms with Gasteiger partial charge in [0.2, 0.25) is 5.88 Å². The molecule has 46 heavy (non-hydrogen) atoms. The first-order chi connectivity index (χ1) is 22.2. The Labute approximate surface area is 268 Å². The molecule has 0 spiro atoms. The summed E-state index contributed by atoms with van der Waals surface area (Å²) in [6, 6.07) is 2.54. The molecule has 3 aliphatic rings. The monoisotopic (exact) mass is 647 g/mol. The molecule has 1 saturated heterocycles. The fraction of sp³-hybridized carbons (Fsp3) is 0.406. The van der Waals surface area contributed by atoms with Gasteiger partial charge in [0.05, 0.1) is 30.0 Å². The molecule has 2 fully saturated rings. The first-order valence-corrected chi connectivity index (χ1v) is 15.8. The van der Waals surface area contributed by atoms with Gasteiger partial charge in [-0.15, -0.1) is 0 Å². The average Bonchev–Trinajstić information content (AvgIpc) is 3.79. The van der Waals surface area contributed by atoms with Crippen molar-refractivity contribution in [2.75, 3.05) is 37.4 Å². The maximum atomic E-state index is 17.2. The van der Waals surface area contributed by atoms with Crippen LogP contribution in [0.25, 0.3) is 33.1 Å². The van der Waals surface area contributed by atoms with Crippen LogP contribution >= 0.6 is 11.6 Å². The summed E-state index contributed by atoms with van der Waals surface area (Å²) in [6.45, 7) is 5.29. The Bertz CT molecular complexity index is 2020. The summed E-state index contributed by atoms with van der Waals surface area (Å²) in [5.74, 6) is -0.293. The Balaban J connectivity index is 1.37. The number of pyridine rings is 2. The normalized spacial score (nSPS) is 20.4. The van der Waals surface area contributed by atoms with Crippen molar-refractivity contribution in [2.45, 2.75) is 57.2 Å². The third-order valence-electron chi connectivity index (χ3n) is 9.48. The number of hydrogen-bond acceptors (Lipinski definition) is 10. The zero-order valence-corrected chi connectivity index (χ0v) is 26.3. The van der Waals surface area contributed by atoms with E-state index in [1.54, 1.807) is 6.20 Å². The SMILES string of the molecule is C[C@H](c1cc(F)cnc1N)N1c2nc(OC[C@H]3CCN3C)nc3c(F)c(-c4c(C5CC5)c(Cl)cc5[nH]ncc45)nc(c23)OC[C@@H]1C. The molecule has 1 aliphatic carbocycles. The Morgan fingerprint density at radius 3 is 2.74 bits per heavy atom. The molecule has 0 bridgehead atoms. The van der Waals surface area contributed by atoms with E-state index < -0.39 is 17.7 Å². The third-order valence-corrected chi connectivity index (χ3v) is 9.79. The van der Waals surface area contributed by atoms with Crippen molar-refractivity contribution in [1.82, 2.24) is 35.0 Å². The molecule has 2 aliphatic heterocycles. The lowest BCUT2D eigenvalue weighted by Gasteiger charge is -2.37. The molecular weight excluding hydrogens is 616 g/mol. The molecule has 3 N–H and O–H groups in total. The van der Waals surface area contributed by atoms with Crippen LogP contribution in [-0.4, -0.2) is 73.9 Å². The van der Waals surface area contributed by atoms with E-state index >= 15 is 4.39 Å². The highest BCUT2D eigenvalue weighted by molar-refractivity contribution is 6.33. The quantitative estimate of drug-likeness (QED) is 0.224. The van der Waals surface area contributed by atoms with Crippen molar-refractivity contribution >= 4 is 45.0 Å². The molecule has 0 unspecified atom stereocenters. The molecule has 6 heterocycles. The van der Waals surface area contributed by atoms with E-state index in [0.29, 0.717) is 39.5 Å². The molecule has 0 amide bonds. The van der Waals surface area contributed by atoms with Crippen molar-refractivity contribution in [2.24, 2.45) is 0 Å². The van der Waals surface area contributed by atoms with Crippen LogP contribution in [0.3, 0.4) is 0 Å². The first kappa shape index (κ1) is 29.1. The topological polar surface area (TPSA) is 131 Å². The minimum Gasteiger partial charge on any atom is -0.475 e. The largest absolute Gasteiger partial charge is 0.475 e. The Morgan fingerprint density at radius 2 is 2.00 bits per heavy atom. The number of halogens is 3. The Morgan fingerprint density at radius 1 is 1.17 bits per heavy atom. The van der Waals surface area contributed by atoms with Crippen molar-refractivity contribution in [3.63, 3.8) is 0 Å². The van der Waals surface area contributed by atoms with E-state index in [2.05, 4.69) is 25.1 Å². The second kappa shape index (κ2) is 10.9. The molecule has 5 aromatic rings. The number of nitrogens with one attached hydrogen (secondary N) is 1. The van der Waals surface area contributed by atoms with Crippen molar-refractivity contribution in [3.05, 3.63) is 52.3 Å². The number of hydrogen-bond donors (Lipinski definition) is 2. The fourth-order valence-corrected chi connectivity index (χ4v) is 7.04. The smallest absolute Gasteiger partial charge is 0.319 e. The fourth-order valence-electron chi connectivity index (χ4n) is 6.68. The lowest BCUT2D eigenvalue weighted by Crippen LogP contribution is -2.48. The summed E-state index contributed by atoms with van der Waals surface area (Å²) in [6.07, 6.45) is 5.59. The van der Waals surface area contributed by atoms with E-state index in [4.69, 9.17) is 36.8 Å². The third kappa shape index (κ3) is 4.66. The lowest BCUT2D eigenvalue weighted by atomic mass is 9.95. The number of ether oxygens (including phenoxy) is 2. The lowest BCUT2D eigenvalue weighted by molar-refractivity contribution is 0.0732. The van der Waals surface area contributed by atoms with E-state index in [1.807, 2.05) is 31.9 Å². The standard InChI is InChI=1S/C32H32ClF2N9O2/c1-14-12-45-31-25-28(26(35)27(39-31)24-20-11-38-42-22(20)9-21(33)23(24)16-4-5-16)40-32(46-13-18-6-7-43(18)3)41-30(25)44(14)15(2)19-8-17(34)10-37-29(19)36/h8-11,14-16,18H,4-7,12-13H2,1-3H3,(H2,36,37)(H,38,42)/t14-,15+,18+/m0/s1. The van der Waals surface area contributed by atoms with Crippen LogP contribution in [-0.2, 0) is 0 Å². The highest BCUT2D eigenvalue weighted by Crippen LogP contribution is 2.51. The van der Waals surface area contributed by atoms with Crippen LogP contribution in [0.15, 0.2) is 24.5 Å². The number of aromatic nitrogens is 6. The van der Waals surface area contributed by atoms with Crippen molar-refractivity contribution in [1.29, 1.82) is 0 Å². The first-order valence-electron chi connectivity index (χ1n) is 15.4. The number of nitrogen functional groups attached to an aromatic ring is 1. The van der Waals surface area contributed by atoms with Crippen LogP contribution in [0.1, 0.15) is 56.2 Å². The number of nitrogens with two attached hydrogens (primary N) is 1. The molecule has 4 aromatic heterocycles. The Hall–Kier alpha value is -4.36. The summed E-state index contributed by atoms with van der Waals surface area (Å²) in [4.78, 5) is 22.4. The summed E-state index contributed by atoms with van der Waals surface area (Å²) in [7, 11) is 2.02. The predicted octanol–water partition coefficient (Wildman–Crippen LogP) is 5.79. The number of likely N-dealkylation sites (N-methyl/N-ethyl adjacent to an activating group) is 1. The summed E-state index contributed by atoms with van der Waals surface area (Å²) in [5.41, 5.74) is 8.83. The van der Waals surface area contributed by atoms with Crippen LogP contribution in [0.4, 0.5) is 20.4 Å². The van der Waals surface area contributed by atoms with Gasteiger partial charge in [-0.2, -0.15) is 15.1 Å². The van der Waals surface area contributed by atoms with Crippen molar-refractivity contribution < 1.29 is 18.3 Å². The predicted molar refractivity (Wildman–Crippen MR) is 170 cm³/mol. The molecule has 0 radical (unpaired) electrons. The van der Waals surface area contributed by atoms with Crippen molar-refractivity contribution in [3.8, 4) is 23.1 Å². The van der Waals surface area contributed by atoms with Gasteiger partial charge in [0.15, 0.2) is 5.82 Å². The highest BCUT2D eigenvalue weighted by Gasteiger charge is 2.37. The van der Waals surface area contributed by atoms with Gasteiger partial charge in [0.25, 0.3) is 0 Å². The van der Waals surface area contributed by atoms with Gasteiger partial charge in [0, 0.05) is 27.6 Å². The second-order valence-corrected chi connectivity index (χ2v) is 12.9. The van der Waals surface area contributed by atoms with Gasteiger partial charge in [0.1, 0.15) is 47.3 Å². The molecular formula is C32H32ClF2N9O2. The van der Waals surface area contributed by atoms with E-state index in [9.17, 15) is 4.39 Å². The van der Waals surface area contributed by atoms with Gasteiger partial charge in [-0.25, -0.2) is 18.7 Å². The minimum atomic E-state index is -0.655. The Kier molecular flexibility index (Phi) is 6.87. The summed E-state index contributed by atoms with van der Waals surface area (Å²) >= 11 is 6.81. The number of benzene rings is 1. The molecule has 11 nitrogen and oxygen atoms in total. The summed E-state index contributed by atoms with van der Waals surface area (Å²) in [5, 5.41) is 8.68. The zero-order valence-electron chi connectivity index (χ0n) is 25.5. The molecule has 8 rings (SSSR count). The highest BCUT2D eigenvalue weighted by atomic mass is 35.5. The van der Waals surface area contributed by atoms with Crippen LogP contribution in [0.5, 0.6) is 11.9 Å². The summed E-state index contributed by atoms with van der Waals surface area (Å²) < 4.78 is 44.0. The van der Waals surface area contributed by atoms with Gasteiger partial charge in [-0.3, -0.25) is 10.00 Å². The molecule has 3 atom stereocenters. The minimum absolute atomic E-state index is 0.00281. The molecule has 238 valence electrons. The van der Waals surface area contributed by atoms with E-state index in [0.717, 1.165) is 37.6 Å². The molecule has 1 saturated carbocycles. The number of H-pyrrole nitrogens is 1. The number of rotatable bonds is 7. The molecule has 1 aromatic carbocycles. The molecule has 14 heteroatoms. The maximum Gasteiger partial charge on any atom is 0.319 e. The number of likely N-dealkylation sites (tertiary alicyclic amines) is 1.